The summed E-state index contributed by atoms with van der Waals surface area (Å²) in [6, 6.07) is 7.80. The standard InChI is InChI=1S/C20H24N4O2/c1-12-13(2)21-19-16(12)6-4-7-17(19)20(26)23-8-5-9-24-15(11-23)10-18(22-24)14(3)25/h4,6-7,10,14,21,25H,5,8-9,11H2,1-3H3/t14-/m1/s1. The summed E-state index contributed by atoms with van der Waals surface area (Å²) in [5.74, 6) is 0.0325. The van der Waals surface area contributed by atoms with E-state index in [-0.39, 0.29) is 5.91 Å². The number of nitrogens with zero attached hydrogens (tertiary/aromatic N) is 3. The van der Waals surface area contributed by atoms with E-state index in [9.17, 15) is 9.90 Å². The van der Waals surface area contributed by atoms with Gasteiger partial charge in [0, 0.05) is 24.2 Å². The van der Waals surface area contributed by atoms with Crippen LogP contribution in [-0.2, 0) is 13.1 Å². The van der Waals surface area contributed by atoms with E-state index in [1.165, 1.54) is 5.56 Å². The highest BCUT2D eigenvalue weighted by atomic mass is 16.3. The number of amides is 1. The van der Waals surface area contributed by atoms with Crippen LogP contribution >= 0.6 is 0 Å². The molecule has 1 atom stereocenters. The van der Waals surface area contributed by atoms with E-state index in [0.717, 1.165) is 35.3 Å². The van der Waals surface area contributed by atoms with E-state index in [4.69, 9.17) is 0 Å². The Morgan fingerprint density at radius 1 is 1.31 bits per heavy atom. The van der Waals surface area contributed by atoms with Crippen LogP contribution in [-0.4, -0.2) is 37.2 Å². The molecule has 2 aromatic heterocycles. The maximum Gasteiger partial charge on any atom is 0.256 e. The molecule has 2 N–H and O–H groups in total. The molecule has 4 rings (SSSR count). The highest BCUT2D eigenvalue weighted by Crippen LogP contribution is 2.26. The lowest BCUT2D eigenvalue weighted by Crippen LogP contribution is -2.30. The molecule has 0 aliphatic carbocycles. The number of benzene rings is 1. The average Bonchev–Trinajstić information content (AvgIpc) is 3.08. The van der Waals surface area contributed by atoms with Crippen molar-refractivity contribution in [2.24, 2.45) is 0 Å². The normalized spacial score (nSPS) is 15.8. The molecule has 0 saturated heterocycles. The second kappa shape index (κ2) is 6.29. The summed E-state index contributed by atoms with van der Waals surface area (Å²) in [7, 11) is 0. The fraction of sp³-hybridized carbons (Fsp3) is 0.400. The Balaban J connectivity index is 1.69. The molecular formula is C20H24N4O2. The van der Waals surface area contributed by atoms with Crippen LogP contribution < -0.4 is 0 Å². The van der Waals surface area contributed by atoms with Crippen molar-refractivity contribution in [3.63, 3.8) is 0 Å². The first kappa shape index (κ1) is 16.8. The quantitative estimate of drug-likeness (QED) is 0.744. The molecule has 1 aromatic carbocycles. The summed E-state index contributed by atoms with van der Waals surface area (Å²) in [4.78, 5) is 18.5. The molecule has 6 nitrogen and oxygen atoms in total. The molecular weight excluding hydrogens is 328 g/mol. The monoisotopic (exact) mass is 352 g/mol. The third-order valence-corrected chi connectivity index (χ3v) is 5.32. The number of hydrogen-bond acceptors (Lipinski definition) is 3. The number of carbonyl (C=O) groups is 1. The number of rotatable bonds is 2. The van der Waals surface area contributed by atoms with Gasteiger partial charge in [-0.25, -0.2) is 0 Å². The van der Waals surface area contributed by atoms with Gasteiger partial charge in [-0.3, -0.25) is 9.48 Å². The molecule has 0 unspecified atom stereocenters. The van der Waals surface area contributed by atoms with Crippen molar-refractivity contribution in [1.82, 2.24) is 19.7 Å². The first-order chi connectivity index (χ1) is 12.5. The number of para-hydroxylation sites is 1. The van der Waals surface area contributed by atoms with Crippen LogP contribution in [0.25, 0.3) is 10.9 Å². The van der Waals surface area contributed by atoms with Gasteiger partial charge in [-0.2, -0.15) is 5.10 Å². The summed E-state index contributed by atoms with van der Waals surface area (Å²) in [6.07, 6.45) is 0.246. The molecule has 1 aliphatic rings. The number of carbonyl (C=O) groups excluding carboxylic acids is 1. The zero-order valence-electron chi connectivity index (χ0n) is 15.4. The van der Waals surface area contributed by atoms with Crippen molar-refractivity contribution in [2.45, 2.75) is 46.4 Å². The highest BCUT2D eigenvalue weighted by Gasteiger charge is 2.24. The van der Waals surface area contributed by atoms with E-state index in [1.807, 2.05) is 34.7 Å². The van der Waals surface area contributed by atoms with Crippen molar-refractivity contribution in [1.29, 1.82) is 0 Å². The van der Waals surface area contributed by atoms with E-state index >= 15 is 0 Å². The van der Waals surface area contributed by atoms with Gasteiger partial charge in [0.2, 0.25) is 0 Å². The Hall–Kier alpha value is -2.60. The number of nitrogens with one attached hydrogen (secondary N) is 1. The predicted octanol–water partition coefficient (Wildman–Crippen LogP) is 3.08. The van der Waals surface area contributed by atoms with Crippen LogP contribution in [0.5, 0.6) is 0 Å². The molecule has 0 saturated carbocycles. The minimum atomic E-state index is -0.600. The lowest BCUT2D eigenvalue weighted by Gasteiger charge is -2.20. The van der Waals surface area contributed by atoms with Gasteiger partial charge in [-0.15, -0.1) is 0 Å². The summed E-state index contributed by atoms with van der Waals surface area (Å²) < 4.78 is 1.92. The number of aromatic amines is 1. The van der Waals surface area contributed by atoms with Crippen LogP contribution in [0.4, 0.5) is 0 Å². The van der Waals surface area contributed by atoms with Gasteiger partial charge < -0.3 is 15.0 Å². The highest BCUT2D eigenvalue weighted by molar-refractivity contribution is 6.06. The van der Waals surface area contributed by atoms with Gasteiger partial charge in [0.05, 0.1) is 35.1 Å². The first-order valence-electron chi connectivity index (χ1n) is 9.07. The van der Waals surface area contributed by atoms with Gasteiger partial charge >= 0.3 is 0 Å². The number of aryl methyl sites for hydroxylation is 3. The maximum atomic E-state index is 13.3. The molecule has 6 heteroatoms. The summed E-state index contributed by atoms with van der Waals surface area (Å²) in [5.41, 5.74) is 5.53. The molecule has 3 heterocycles. The summed E-state index contributed by atoms with van der Waals surface area (Å²) in [5, 5.41) is 15.3. The number of aliphatic hydroxyl groups is 1. The fourth-order valence-corrected chi connectivity index (χ4v) is 3.69. The minimum absolute atomic E-state index is 0.0325. The third-order valence-electron chi connectivity index (χ3n) is 5.32. The minimum Gasteiger partial charge on any atom is -0.387 e. The molecule has 0 bridgehead atoms. The van der Waals surface area contributed by atoms with Crippen molar-refractivity contribution >= 4 is 16.8 Å². The Morgan fingerprint density at radius 3 is 2.88 bits per heavy atom. The van der Waals surface area contributed by atoms with Crippen LogP contribution in [0.3, 0.4) is 0 Å². The lowest BCUT2D eigenvalue weighted by molar-refractivity contribution is 0.0747. The van der Waals surface area contributed by atoms with Crippen molar-refractivity contribution in [3.8, 4) is 0 Å². The number of fused-ring (bicyclic) bond motifs is 2. The maximum absolute atomic E-state index is 13.3. The largest absolute Gasteiger partial charge is 0.387 e. The molecule has 1 aliphatic heterocycles. The van der Waals surface area contributed by atoms with Gasteiger partial charge in [0.15, 0.2) is 0 Å². The molecule has 1 amide bonds. The van der Waals surface area contributed by atoms with Crippen LogP contribution in [0, 0.1) is 13.8 Å². The molecule has 26 heavy (non-hydrogen) atoms. The van der Waals surface area contributed by atoms with Crippen LogP contribution in [0.15, 0.2) is 24.3 Å². The zero-order chi connectivity index (χ0) is 18.4. The third kappa shape index (κ3) is 2.70. The van der Waals surface area contributed by atoms with E-state index < -0.39 is 6.10 Å². The Kier molecular flexibility index (Phi) is 4.07. The summed E-state index contributed by atoms with van der Waals surface area (Å²) >= 11 is 0. The second-order valence-corrected chi connectivity index (χ2v) is 7.14. The number of hydrogen-bond donors (Lipinski definition) is 2. The van der Waals surface area contributed by atoms with Gasteiger partial charge in [-0.1, -0.05) is 12.1 Å². The Labute approximate surface area is 152 Å². The second-order valence-electron chi connectivity index (χ2n) is 7.14. The smallest absolute Gasteiger partial charge is 0.256 e. The predicted molar refractivity (Wildman–Crippen MR) is 100.0 cm³/mol. The molecule has 0 fully saturated rings. The SMILES string of the molecule is Cc1[nH]c2c(C(=O)N3CCCn4nc([C@@H](C)O)cc4C3)cccc2c1C. The zero-order valence-corrected chi connectivity index (χ0v) is 15.4. The van der Waals surface area contributed by atoms with Crippen LogP contribution in [0.2, 0.25) is 0 Å². The average molecular weight is 352 g/mol. The molecule has 136 valence electrons. The fourth-order valence-electron chi connectivity index (χ4n) is 3.69. The number of aromatic nitrogens is 3. The van der Waals surface area contributed by atoms with E-state index in [0.29, 0.717) is 24.3 Å². The van der Waals surface area contributed by atoms with Crippen molar-refractivity contribution in [3.05, 3.63) is 52.5 Å². The lowest BCUT2D eigenvalue weighted by atomic mass is 10.1. The van der Waals surface area contributed by atoms with Crippen molar-refractivity contribution in [2.75, 3.05) is 6.54 Å². The van der Waals surface area contributed by atoms with E-state index in [2.05, 4.69) is 23.1 Å². The summed E-state index contributed by atoms with van der Waals surface area (Å²) in [6.45, 7) is 7.78. The Morgan fingerprint density at radius 2 is 2.12 bits per heavy atom. The number of H-pyrrole nitrogens is 1. The Bertz CT molecular complexity index is 983. The van der Waals surface area contributed by atoms with Gasteiger partial charge in [0.1, 0.15) is 0 Å². The topological polar surface area (TPSA) is 74.2 Å². The number of aliphatic hydroxyl groups excluding tert-OH is 1. The van der Waals surface area contributed by atoms with Crippen molar-refractivity contribution < 1.29 is 9.90 Å². The van der Waals surface area contributed by atoms with Gasteiger partial charge in [-0.05, 0) is 44.9 Å². The van der Waals surface area contributed by atoms with Crippen LogP contribution in [0.1, 0.15) is 52.5 Å². The molecule has 3 aromatic rings. The molecule has 0 radical (unpaired) electrons. The first-order valence-corrected chi connectivity index (χ1v) is 9.07. The van der Waals surface area contributed by atoms with E-state index in [1.54, 1.807) is 6.92 Å². The molecule has 0 spiro atoms. The van der Waals surface area contributed by atoms with Gasteiger partial charge in [0.25, 0.3) is 5.91 Å².